The summed E-state index contributed by atoms with van der Waals surface area (Å²) in [5, 5.41) is 3.90. The molecule has 0 saturated carbocycles. The van der Waals surface area contributed by atoms with Crippen LogP contribution in [-0.4, -0.2) is 38.5 Å². The van der Waals surface area contributed by atoms with Gasteiger partial charge in [-0.3, -0.25) is 4.79 Å². The van der Waals surface area contributed by atoms with E-state index in [1.807, 2.05) is 37.2 Å². The number of fused-ring (bicyclic) bond motifs is 1. The fourth-order valence-corrected chi connectivity index (χ4v) is 2.59. The van der Waals surface area contributed by atoms with Gasteiger partial charge in [0.1, 0.15) is 0 Å². The number of hydrogen-bond acceptors (Lipinski definition) is 3. The molecule has 4 nitrogen and oxygen atoms in total. The van der Waals surface area contributed by atoms with Crippen LogP contribution in [0.25, 0.3) is 0 Å². The summed E-state index contributed by atoms with van der Waals surface area (Å²) >= 11 is 6.28. The number of likely N-dealkylation sites (N-methyl/N-ethyl adjacent to an activating group) is 2. The SMILES string of the molecule is CN(C)C/C=C/C(=O)N(C)c1c(Cl)ccc2c1CNC2. The third-order valence-corrected chi connectivity index (χ3v) is 3.65. The van der Waals surface area contributed by atoms with E-state index in [1.54, 1.807) is 18.0 Å². The van der Waals surface area contributed by atoms with E-state index in [9.17, 15) is 4.79 Å². The maximum Gasteiger partial charge on any atom is 0.250 e. The van der Waals surface area contributed by atoms with Gasteiger partial charge in [0.2, 0.25) is 5.91 Å². The number of halogens is 1. The topological polar surface area (TPSA) is 35.6 Å². The van der Waals surface area contributed by atoms with Crippen molar-refractivity contribution in [2.24, 2.45) is 0 Å². The highest BCUT2D eigenvalue weighted by Gasteiger charge is 2.21. The molecular weight excluding hydrogens is 274 g/mol. The first-order chi connectivity index (χ1) is 9.50. The Hall–Kier alpha value is -1.36. The Morgan fingerprint density at radius 1 is 1.35 bits per heavy atom. The lowest BCUT2D eigenvalue weighted by molar-refractivity contribution is -0.113. The molecule has 0 aliphatic carbocycles. The molecule has 2 rings (SSSR count). The second kappa shape index (κ2) is 6.39. The zero-order valence-corrected chi connectivity index (χ0v) is 12.9. The Morgan fingerprint density at radius 3 is 2.80 bits per heavy atom. The molecule has 0 saturated heterocycles. The molecule has 0 atom stereocenters. The zero-order chi connectivity index (χ0) is 14.7. The number of benzene rings is 1. The maximum absolute atomic E-state index is 12.2. The van der Waals surface area contributed by atoms with Gasteiger partial charge >= 0.3 is 0 Å². The summed E-state index contributed by atoms with van der Waals surface area (Å²) < 4.78 is 0. The molecule has 1 aromatic rings. The predicted octanol–water partition coefficient (Wildman–Crippen LogP) is 2.02. The van der Waals surface area contributed by atoms with Crippen molar-refractivity contribution in [1.29, 1.82) is 0 Å². The van der Waals surface area contributed by atoms with E-state index in [-0.39, 0.29) is 5.91 Å². The van der Waals surface area contributed by atoms with Crippen LogP contribution in [0.2, 0.25) is 5.02 Å². The van der Waals surface area contributed by atoms with E-state index in [4.69, 9.17) is 11.6 Å². The number of carbonyl (C=O) groups is 1. The minimum atomic E-state index is -0.0611. The van der Waals surface area contributed by atoms with Crippen LogP contribution in [0.5, 0.6) is 0 Å². The standard InChI is InChI=1S/C15H20ClN3O/c1-18(2)8-4-5-14(20)19(3)15-12-10-17-9-11(12)6-7-13(15)16/h4-7,17H,8-10H2,1-3H3/b5-4+. The van der Waals surface area contributed by atoms with Crippen molar-refractivity contribution in [3.63, 3.8) is 0 Å². The minimum Gasteiger partial charge on any atom is -0.310 e. The first-order valence-electron chi connectivity index (χ1n) is 6.60. The Labute approximate surface area is 125 Å². The third-order valence-electron chi connectivity index (χ3n) is 3.34. The van der Waals surface area contributed by atoms with Crippen molar-refractivity contribution >= 4 is 23.2 Å². The van der Waals surface area contributed by atoms with Crippen molar-refractivity contribution in [1.82, 2.24) is 10.2 Å². The summed E-state index contributed by atoms with van der Waals surface area (Å²) in [6, 6.07) is 3.87. The van der Waals surface area contributed by atoms with Crippen LogP contribution >= 0.6 is 11.6 Å². The summed E-state index contributed by atoms with van der Waals surface area (Å²) in [4.78, 5) is 15.8. The first kappa shape index (κ1) is 15.0. The molecule has 0 bridgehead atoms. The number of nitrogens with zero attached hydrogens (tertiary/aromatic N) is 2. The van der Waals surface area contributed by atoms with Gasteiger partial charge in [0.25, 0.3) is 0 Å². The van der Waals surface area contributed by atoms with E-state index >= 15 is 0 Å². The number of nitrogens with one attached hydrogen (secondary N) is 1. The largest absolute Gasteiger partial charge is 0.310 e. The molecular formula is C15H20ClN3O. The molecule has 108 valence electrons. The van der Waals surface area contributed by atoms with E-state index in [1.165, 1.54) is 5.56 Å². The van der Waals surface area contributed by atoms with E-state index in [0.29, 0.717) is 5.02 Å². The lowest BCUT2D eigenvalue weighted by Gasteiger charge is -2.20. The number of rotatable bonds is 4. The van der Waals surface area contributed by atoms with Gasteiger partial charge in [0.15, 0.2) is 0 Å². The summed E-state index contributed by atoms with van der Waals surface area (Å²) in [6.07, 6.45) is 3.45. The van der Waals surface area contributed by atoms with Gasteiger partial charge in [-0.1, -0.05) is 23.7 Å². The lowest BCUT2D eigenvalue weighted by Crippen LogP contribution is -2.26. The van der Waals surface area contributed by atoms with Crippen molar-refractivity contribution < 1.29 is 4.79 Å². The molecule has 1 aromatic carbocycles. The molecule has 5 heteroatoms. The molecule has 0 aromatic heterocycles. The Morgan fingerprint density at radius 2 is 2.10 bits per heavy atom. The van der Waals surface area contributed by atoms with Gasteiger partial charge in [-0.25, -0.2) is 0 Å². The van der Waals surface area contributed by atoms with Crippen LogP contribution in [0.4, 0.5) is 5.69 Å². The minimum absolute atomic E-state index is 0.0611. The fourth-order valence-electron chi connectivity index (χ4n) is 2.28. The van der Waals surface area contributed by atoms with Gasteiger partial charge in [0.05, 0.1) is 10.7 Å². The third kappa shape index (κ3) is 3.20. The van der Waals surface area contributed by atoms with Crippen molar-refractivity contribution in [2.75, 3.05) is 32.6 Å². The van der Waals surface area contributed by atoms with E-state index in [2.05, 4.69) is 5.32 Å². The normalized spacial score (nSPS) is 14.1. The second-order valence-corrected chi connectivity index (χ2v) is 5.61. The van der Waals surface area contributed by atoms with Crippen molar-refractivity contribution in [3.05, 3.63) is 40.4 Å². The van der Waals surface area contributed by atoms with Gasteiger partial charge in [-0.15, -0.1) is 0 Å². The molecule has 1 aliphatic heterocycles. The van der Waals surface area contributed by atoms with Crippen LogP contribution in [0, 0.1) is 0 Å². The maximum atomic E-state index is 12.2. The van der Waals surface area contributed by atoms with Crippen LogP contribution in [0.3, 0.4) is 0 Å². The lowest BCUT2D eigenvalue weighted by atomic mass is 10.1. The molecule has 1 amide bonds. The number of amides is 1. The molecule has 0 radical (unpaired) electrons. The van der Waals surface area contributed by atoms with Crippen LogP contribution < -0.4 is 10.2 Å². The Kier molecular flexibility index (Phi) is 4.81. The molecule has 1 aliphatic rings. The molecule has 0 spiro atoms. The molecule has 0 fully saturated rings. The van der Waals surface area contributed by atoms with Crippen molar-refractivity contribution in [3.8, 4) is 0 Å². The summed E-state index contributed by atoms with van der Waals surface area (Å²) in [5.74, 6) is -0.0611. The Balaban J connectivity index is 2.21. The van der Waals surface area contributed by atoms with Crippen LogP contribution in [-0.2, 0) is 17.9 Å². The summed E-state index contributed by atoms with van der Waals surface area (Å²) in [6.45, 7) is 2.32. The highest BCUT2D eigenvalue weighted by molar-refractivity contribution is 6.34. The smallest absolute Gasteiger partial charge is 0.250 e. The van der Waals surface area contributed by atoms with E-state index in [0.717, 1.165) is 30.9 Å². The zero-order valence-electron chi connectivity index (χ0n) is 12.1. The summed E-state index contributed by atoms with van der Waals surface area (Å²) in [7, 11) is 5.69. The number of carbonyl (C=O) groups excluding carboxylic acids is 1. The highest BCUT2D eigenvalue weighted by Crippen LogP contribution is 2.34. The monoisotopic (exact) mass is 293 g/mol. The van der Waals surface area contributed by atoms with E-state index < -0.39 is 0 Å². The Bertz CT molecular complexity index is 540. The molecule has 1 heterocycles. The fraction of sp³-hybridized carbons (Fsp3) is 0.400. The predicted molar refractivity (Wildman–Crippen MR) is 83.1 cm³/mol. The molecule has 1 N–H and O–H groups in total. The van der Waals surface area contributed by atoms with Crippen molar-refractivity contribution in [2.45, 2.75) is 13.1 Å². The molecule has 0 unspecified atom stereocenters. The van der Waals surface area contributed by atoms with Gasteiger partial charge in [-0.2, -0.15) is 0 Å². The first-order valence-corrected chi connectivity index (χ1v) is 6.98. The quantitative estimate of drug-likeness (QED) is 0.863. The van der Waals surface area contributed by atoms with Gasteiger partial charge in [0, 0.05) is 32.8 Å². The molecule has 20 heavy (non-hydrogen) atoms. The van der Waals surface area contributed by atoms with Crippen LogP contribution in [0.1, 0.15) is 11.1 Å². The highest BCUT2D eigenvalue weighted by atomic mass is 35.5. The average molecular weight is 294 g/mol. The summed E-state index contributed by atoms with van der Waals surface area (Å²) in [5.41, 5.74) is 3.14. The van der Waals surface area contributed by atoms with Crippen LogP contribution in [0.15, 0.2) is 24.3 Å². The van der Waals surface area contributed by atoms with Gasteiger partial charge in [-0.05, 0) is 31.3 Å². The number of hydrogen-bond donors (Lipinski definition) is 1. The second-order valence-electron chi connectivity index (χ2n) is 5.20. The van der Waals surface area contributed by atoms with Gasteiger partial charge < -0.3 is 15.1 Å². The average Bonchev–Trinajstić information content (AvgIpc) is 2.85. The number of anilines is 1.